The fourth-order valence-corrected chi connectivity index (χ4v) is 7.65. The molecule has 0 spiro atoms. The van der Waals surface area contributed by atoms with Crippen molar-refractivity contribution < 1.29 is 0 Å². The molecule has 0 unspecified atom stereocenters. The topological polar surface area (TPSA) is 17.8 Å². The molecule has 0 bridgehead atoms. The van der Waals surface area contributed by atoms with Crippen LogP contribution in [0, 0.1) is 0 Å². The average molecular weight is 553 g/mol. The van der Waals surface area contributed by atoms with Crippen LogP contribution in [0.4, 0.5) is 0 Å². The zero-order chi connectivity index (χ0) is 27.6. The molecule has 0 N–H and O–H groups in total. The molecule has 0 amide bonds. The zero-order valence-corrected chi connectivity index (χ0v) is 23.5. The second kappa shape index (κ2) is 9.13. The molecule has 9 aromatic rings. The van der Waals surface area contributed by atoms with Crippen LogP contribution in [-0.2, 0) is 0 Å². The maximum atomic E-state index is 5.32. The van der Waals surface area contributed by atoms with Gasteiger partial charge < -0.3 is 4.57 Å². The molecule has 3 aromatic heterocycles. The fourth-order valence-electron chi connectivity index (χ4n) is 6.54. The zero-order valence-electron chi connectivity index (χ0n) is 22.7. The van der Waals surface area contributed by atoms with Crippen molar-refractivity contribution in [2.45, 2.75) is 0 Å². The van der Waals surface area contributed by atoms with Crippen LogP contribution in [0.5, 0.6) is 0 Å². The highest BCUT2D eigenvalue weighted by Crippen LogP contribution is 2.44. The highest BCUT2D eigenvalue weighted by molar-refractivity contribution is 7.26. The van der Waals surface area contributed by atoms with Crippen LogP contribution in [0.3, 0.4) is 0 Å². The number of nitrogens with zero attached hydrogens (tertiary/aromatic N) is 2. The van der Waals surface area contributed by atoms with Gasteiger partial charge in [-0.2, -0.15) is 0 Å². The summed E-state index contributed by atoms with van der Waals surface area (Å²) in [4.78, 5) is 5.32. The van der Waals surface area contributed by atoms with E-state index in [-0.39, 0.29) is 0 Å². The van der Waals surface area contributed by atoms with Gasteiger partial charge in [0, 0.05) is 36.5 Å². The van der Waals surface area contributed by atoms with Crippen molar-refractivity contribution >= 4 is 64.2 Å². The Kier molecular flexibility index (Phi) is 5.10. The second-order valence-electron chi connectivity index (χ2n) is 10.7. The summed E-state index contributed by atoms with van der Waals surface area (Å²) in [5, 5.41) is 6.23. The highest BCUT2D eigenvalue weighted by Gasteiger charge is 2.21. The molecule has 9 rings (SSSR count). The highest BCUT2D eigenvalue weighted by atomic mass is 32.1. The van der Waals surface area contributed by atoms with Gasteiger partial charge in [0.2, 0.25) is 0 Å². The van der Waals surface area contributed by atoms with Gasteiger partial charge in [0.25, 0.3) is 0 Å². The van der Waals surface area contributed by atoms with Crippen molar-refractivity contribution in [3.63, 3.8) is 0 Å². The number of aromatic nitrogens is 2. The van der Waals surface area contributed by atoms with Crippen molar-refractivity contribution in [1.82, 2.24) is 9.55 Å². The van der Waals surface area contributed by atoms with Crippen LogP contribution in [-0.4, -0.2) is 9.55 Å². The van der Waals surface area contributed by atoms with Crippen molar-refractivity contribution in [2.24, 2.45) is 0 Å². The number of pyridine rings is 1. The number of rotatable bonds is 3. The fraction of sp³-hybridized carbons (Fsp3) is 0. The van der Waals surface area contributed by atoms with Crippen LogP contribution < -0.4 is 0 Å². The number of thiophene rings is 1. The van der Waals surface area contributed by atoms with Gasteiger partial charge >= 0.3 is 0 Å². The van der Waals surface area contributed by atoms with Gasteiger partial charge in [-0.15, -0.1) is 11.3 Å². The molecule has 42 heavy (non-hydrogen) atoms. The summed E-state index contributed by atoms with van der Waals surface area (Å²) in [5.74, 6) is 0. The van der Waals surface area contributed by atoms with E-state index in [9.17, 15) is 0 Å². The first-order valence-electron chi connectivity index (χ1n) is 14.2. The Labute approximate surface area is 246 Å². The van der Waals surface area contributed by atoms with Crippen molar-refractivity contribution in [1.29, 1.82) is 0 Å². The summed E-state index contributed by atoms with van der Waals surface area (Å²) in [6.07, 6.45) is 0. The molecule has 6 aromatic carbocycles. The summed E-state index contributed by atoms with van der Waals surface area (Å²) in [5.41, 5.74) is 9.11. The Morgan fingerprint density at radius 2 is 1.17 bits per heavy atom. The maximum absolute atomic E-state index is 5.32. The van der Waals surface area contributed by atoms with Crippen molar-refractivity contribution in [2.75, 3.05) is 0 Å². The van der Waals surface area contributed by atoms with Gasteiger partial charge in [0.15, 0.2) is 0 Å². The Morgan fingerprint density at radius 3 is 1.98 bits per heavy atom. The number of fused-ring (bicyclic) bond motifs is 8. The number of benzene rings is 6. The van der Waals surface area contributed by atoms with Crippen LogP contribution >= 0.6 is 11.3 Å². The van der Waals surface area contributed by atoms with E-state index >= 15 is 0 Å². The van der Waals surface area contributed by atoms with Gasteiger partial charge in [-0.1, -0.05) is 109 Å². The predicted octanol–water partition coefficient (Wildman–Crippen LogP) is 11.0. The van der Waals surface area contributed by atoms with E-state index in [0.717, 1.165) is 22.3 Å². The Hall–Kier alpha value is -5.25. The first-order chi connectivity index (χ1) is 20.8. The lowest BCUT2D eigenvalue weighted by Crippen LogP contribution is -1.97. The third-order valence-corrected chi connectivity index (χ3v) is 9.54. The predicted molar refractivity (Wildman–Crippen MR) is 180 cm³/mol. The monoisotopic (exact) mass is 552 g/mol. The molecule has 0 radical (unpaired) electrons. The van der Waals surface area contributed by atoms with E-state index in [1.165, 1.54) is 58.7 Å². The molecule has 0 atom stereocenters. The first-order valence-corrected chi connectivity index (χ1v) is 15.1. The molecular weight excluding hydrogens is 529 g/mol. The summed E-state index contributed by atoms with van der Waals surface area (Å²) < 4.78 is 5.06. The standard InChI is InChI=1S/C39H24N2S/c1-3-11-25(12-4-1)27-19-22-33(29-16-8-7-15-28(27)29)41-34-23-21-32(26-13-5-2-6-14-26)40-38(34)31-20-24-36-37(39(31)41)30-17-9-10-18-35(30)42-36/h1-24H. The maximum Gasteiger partial charge on any atom is 0.0971 e. The quantitative estimate of drug-likeness (QED) is 0.213. The molecule has 0 saturated carbocycles. The van der Waals surface area contributed by atoms with Crippen molar-refractivity contribution in [3.8, 4) is 28.1 Å². The number of hydrogen-bond acceptors (Lipinski definition) is 2. The molecule has 0 aliphatic carbocycles. The molecule has 2 nitrogen and oxygen atoms in total. The van der Waals surface area contributed by atoms with E-state index in [0.29, 0.717) is 0 Å². The molecule has 0 aliphatic rings. The molecule has 0 aliphatic heterocycles. The second-order valence-corrected chi connectivity index (χ2v) is 11.8. The summed E-state index contributed by atoms with van der Waals surface area (Å²) in [6.45, 7) is 0. The van der Waals surface area contributed by atoms with Gasteiger partial charge in [-0.25, -0.2) is 4.98 Å². The lowest BCUT2D eigenvalue weighted by atomic mass is 9.97. The molecular formula is C39H24N2S. The largest absolute Gasteiger partial charge is 0.306 e. The minimum Gasteiger partial charge on any atom is -0.306 e. The minimum absolute atomic E-state index is 0.988. The van der Waals surface area contributed by atoms with E-state index < -0.39 is 0 Å². The van der Waals surface area contributed by atoms with Crippen molar-refractivity contribution in [3.05, 3.63) is 146 Å². The van der Waals surface area contributed by atoms with E-state index in [4.69, 9.17) is 4.98 Å². The van der Waals surface area contributed by atoms with Crippen LogP contribution in [0.1, 0.15) is 0 Å². The minimum atomic E-state index is 0.988. The normalized spacial score (nSPS) is 11.8. The van der Waals surface area contributed by atoms with Crippen LogP contribution in [0.15, 0.2) is 146 Å². The third kappa shape index (κ3) is 3.41. The lowest BCUT2D eigenvalue weighted by molar-refractivity contribution is 1.20. The van der Waals surface area contributed by atoms with Gasteiger partial charge in [-0.05, 0) is 52.9 Å². The molecule has 196 valence electrons. The van der Waals surface area contributed by atoms with E-state index in [2.05, 4.69) is 150 Å². The first kappa shape index (κ1) is 23.5. The van der Waals surface area contributed by atoms with Crippen LogP contribution in [0.25, 0.3) is 81.0 Å². The Bertz CT molecular complexity index is 2450. The van der Waals surface area contributed by atoms with E-state index in [1.807, 2.05) is 11.3 Å². The van der Waals surface area contributed by atoms with Gasteiger partial charge in [-0.3, -0.25) is 0 Å². The molecule has 3 heteroatoms. The summed E-state index contributed by atoms with van der Waals surface area (Å²) >= 11 is 1.86. The molecule has 0 saturated heterocycles. The van der Waals surface area contributed by atoms with Gasteiger partial charge in [0.05, 0.1) is 27.9 Å². The van der Waals surface area contributed by atoms with E-state index in [1.54, 1.807) is 0 Å². The average Bonchev–Trinajstić information content (AvgIpc) is 3.60. The third-order valence-electron chi connectivity index (χ3n) is 8.41. The number of hydrogen-bond donors (Lipinski definition) is 0. The van der Waals surface area contributed by atoms with Gasteiger partial charge in [0.1, 0.15) is 0 Å². The Balaban J connectivity index is 1.45. The summed E-state index contributed by atoms with van der Waals surface area (Å²) in [6, 6.07) is 52.3. The summed E-state index contributed by atoms with van der Waals surface area (Å²) in [7, 11) is 0. The molecule has 3 heterocycles. The van der Waals surface area contributed by atoms with Crippen LogP contribution in [0.2, 0.25) is 0 Å². The lowest BCUT2D eigenvalue weighted by Gasteiger charge is -2.15. The Morgan fingerprint density at radius 1 is 0.476 bits per heavy atom. The SMILES string of the molecule is c1ccc(-c2ccc3c(n2)c2ccc4sc5ccccc5c4c2n3-c2ccc(-c3ccccc3)c3ccccc23)cc1. The molecule has 0 fully saturated rings. The smallest absolute Gasteiger partial charge is 0.0971 e.